The Labute approximate surface area is 200 Å². The van der Waals surface area contributed by atoms with Crippen molar-refractivity contribution in [2.75, 3.05) is 65.0 Å². The van der Waals surface area contributed by atoms with Gasteiger partial charge in [0.1, 0.15) is 12.4 Å². The standard InChI is InChI=1S/C25H33N5O4/c1-33-18-25(32)30(16-19-7-8-19)17-24(31)29-12-4-11-28(13-14-29)23-10-9-22(26-27-23)20-5-3-6-21(15-20)34-2/h3,5-6,9-10,15,19H,4,7-8,11-14,16-18H2,1-2H3. The predicted molar refractivity (Wildman–Crippen MR) is 129 cm³/mol. The van der Waals surface area contributed by atoms with E-state index in [2.05, 4.69) is 15.1 Å². The average molecular weight is 468 g/mol. The fraction of sp³-hybridized carbons (Fsp3) is 0.520. The van der Waals surface area contributed by atoms with Crippen molar-refractivity contribution in [3.63, 3.8) is 0 Å². The summed E-state index contributed by atoms with van der Waals surface area (Å²) in [5.74, 6) is 1.97. The van der Waals surface area contributed by atoms with Crippen LogP contribution in [0.2, 0.25) is 0 Å². The van der Waals surface area contributed by atoms with Crippen LogP contribution in [-0.4, -0.2) is 91.9 Å². The number of methoxy groups -OCH3 is 2. The van der Waals surface area contributed by atoms with E-state index in [1.54, 1.807) is 12.0 Å². The highest BCUT2D eigenvalue weighted by Gasteiger charge is 2.29. The Balaban J connectivity index is 1.34. The summed E-state index contributed by atoms with van der Waals surface area (Å²) in [6.07, 6.45) is 3.09. The van der Waals surface area contributed by atoms with Crippen LogP contribution >= 0.6 is 0 Å². The molecule has 0 N–H and O–H groups in total. The topological polar surface area (TPSA) is 88.1 Å². The molecule has 2 fully saturated rings. The van der Waals surface area contributed by atoms with Crippen LogP contribution in [0, 0.1) is 5.92 Å². The van der Waals surface area contributed by atoms with Gasteiger partial charge in [0.2, 0.25) is 11.8 Å². The lowest BCUT2D eigenvalue weighted by molar-refractivity contribution is -0.142. The zero-order valence-electron chi connectivity index (χ0n) is 20.0. The second-order valence-corrected chi connectivity index (χ2v) is 8.88. The largest absolute Gasteiger partial charge is 0.497 e. The third kappa shape index (κ3) is 6.22. The zero-order chi connectivity index (χ0) is 23.9. The monoisotopic (exact) mass is 467 g/mol. The highest BCUT2D eigenvalue weighted by Crippen LogP contribution is 2.30. The van der Waals surface area contributed by atoms with Crippen molar-refractivity contribution in [1.29, 1.82) is 0 Å². The van der Waals surface area contributed by atoms with Crippen LogP contribution in [0.1, 0.15) is 19.3 Å². The molecule has 9 heteroatoms. The van der Waals surface area contributed by atoms with Gasteiger partial charge in [0.05, 0.1) is 19.3 Å². The maximum atomic E-state index is 13.0. The minimum Gasteiger partial charge on any atom is -0.497 e. The van der Waals surface area contributed by atoms with E-state index in [1.165, 1.54) is 7.11 Å². The van der Waals surface area contributed by atoms with E-state index in [-0.39, 0.29) is 25.0 Å². The van der Waals surface area contributed by atoms with Crippen LogP contribution in [0.25, 0.3) is 11.3 Å². The molecule has 1 aliphatic heterocycles. The van der Waals surface area contributed by atoms with E-state index >= 15 is 0 Å². The van der Waals surface area contributed by atoms with E-state index in [1.807, 2.05) is 41.3 Å². The summed E-state index contributed by atoms with van der Waals surface area (Å²) in [7, 11) is 3.15. The van der Waals surface area contributed by atoms with Gasteiger partial charge in [-0.05, 0) is 49.4 Å². The van der Waals surface area contributed by atoms with Gasteiger partial charge in [-0.15, -0.1) is 10.2 Å². The molecular formula is C25H33N5O4. The minimum atomic E-state index is -0.120. The number of ether oxygens (including phenoxy) is 2. The predicted octanol–water partition coefficient (Wildman–Crippen LogP) is 2.08. The summed E-state index contributed by atoms with van der Waals surface area (Å²) >= 11 is 0. The molecule has 182 valence electrons. The Morgan fingerprint density at radius 3 is 2.62 bits per heavy atom. The van der Waals surface area contributed by atoms with Gasteiger partial charge in [0, 0.05) is 45.4 Å². The quantitative estimate of drug-likeness (QED) is 0.558. The lowest BCUT2D eigenvalue weighted by Gasteiger charge is -2.27. The van der Waals surface area contributed by atoms with E-state index in [9.17, 15) is 9.59 Å². The normalized spacial score (nSPS) is 16.2. The summed E-state index contributed by atoms with van der Waals surface area (Å²) in [5.41, 5.74) is 1.73. The number of hydrogen-bond acceptors (Lipinski definition) is 7. The lowest BCUT2D eigenvalue weighted by atomic mass is 10.1. The van der Waals surface area contributed by atoms with Crippen LogP contribution in [-0.2, 0) is 14.3 Å². The van der Waals surface area contributed by atoms with E-state index in [4.69, 9.17) is 9.47 Å². The molecule has 9 nitrogen and oxygen atoms in total. The summed E-state index contributed by atoms with van der Waals surface area (Å²) in [6.45, 7) is 3.50. The molecule has 0 atom stereocenters. The number of carbonyl (C=O) groups excluding carboxylic acids is 2. The van der Waals surface area contributed by atoms with Gasteiger partial charge in [-0.2, -0.15) is 0 Å². The summed E-state index contributed by atoms with van der Waals surface area (Å²) in [5, 5.41) is 8.85. The number of nitrogens with zero attached hydrogens (tertiary/aromatic N) is 5. The van der Waals surface area contributed by atoms with Crippen LogP contribution < -0.4 is 9.64 Å². The molecule has 1 saturated carbocycles. The van der Waals surface area contributed by atoms with Crippen molar-refractivity contribution in [3.05, 3.63) is 36.4 Å². The van der Waals surface area contributed by atoms with Gasteiger partial charge in [-0.25, -0.2) is 0 Å². The number of rotatable bonds is 9. The minimum absolute atomic E-state index is 0.00795. The van der Waals surface area contributed by atoms with Crippen molar-refractivity contribution < 1.29 is 19.1 Å². The van der Waals surface area contributed by atoms with Gasteiger partial charge in [0.25, 0.3) is 0 Å². The van der Waals surface area contributed by atoms with Crippen LogP contribution in [0.4, 0.5) is 5.82 Å². The van der Waals surface area contributed by atoms with E-state index < -0.39 is 0 Å². The molecule has 2 aromatic rings. The smallest absolute Gasteiger partial charge is 0.249 e. The SMILES string of the molecule is COCC(=O)N(CC(=O)N1CCCN(c2ccc(-c3cccc(OC)c3)nn2)CC1)CC1CC1. The molecule has 0 spiro atoms. The molecule has 4 rings (SSSR count). The van der Waals surface area contributed by atoms with Crippen molar-refractivity contribution >= 4 is 17.6 Å². The molecule has 0 unspecified atom stereocenters. The first-order chi connectivity index (χ1) is 16.6. The zero-order valence-corrected chi connectivity index (χ0v) is 20.0. The Bertz CT molecular complexity index is 980. The molecule has 2 aliphatic rings. The molecule has 1 aromatic heterocycles. The number of hydrogen-bond donors (Lipinski definition) is 0. The van der Waals surface area contributed by atoms with Gasteiger partial charge in [0.15, 0.2) is 5.82 Å². The Kier molecular flexibility index (Phi) is 7.95. The van der Waals surface area contributed by atoms with Crippen molar-refractivity contribution in [1.82, 2.24) is 20.0 Å². The van der Waals surface area contributed by atoms with Crippen LogP contribution in [0.15, 0.2) is 36.4 Å². The molecule has 0 bridgehead atoms. The molecule has 2 heterocycles. The van der Waals surface area contributed by atoms with Gasteiger partial charge in [-0.1, -0.05) is 12.1 Å². The molecule has 1 saturated heterocycles. The van der Waals surface area contributed by atoms with Crippen molar-refractivity contribution in [2.24, 2.45) is 5.92 Å². The number of aromatic nitrogens is 2. The first kappa shape index (κ1) is 23.9. The second-order valence-electron chi connectivity index (χ2n) is 8.88. The number of anilines is 1. The van der Waals surface area contributed by atoms with E-state index in [0.717, 1.165) is 48.6 Å². The second kappa shape index (κ2) is 11.3. The fourth-order valence-electron chi connectivity index (χ4n) is 4.17. The van der Waals surface area contributed by atoms with Crippen LogP contribution in [0.5, 0.6) is 5.75 Å². The Morgan fingerprint density at radius 1 is 1.06 bits per heavy atom. The molecule has 1 aromatic carbocycles. The summed E-state index contributed by atoms with van der Waals surface area (Å²) in [6, 6.07) is 11.7. The first-order valence-electron chi connectivity index (χ1n) is 11.8. The number of carbonyl (C=O) groups is 2. The Hall–Kier alpha value is -3.20. The third-order valence-electron chi connectivity index (χ3n) is 6.31. The molecule has 34 heavy (non-hydrogen) atoms. The van der Waals surface area contributed by atoms with Crippen LogP contribution in [0.3, 0.4) is 0 Å². The van der Waals surface area contributed by atoms with Gasteiger partial charge >= 0.3 is 0 Å². The Morgan fingerprint density at radius 2 is 1.91 bits per heavy atom. The number of benzene rings is 1. The van der Waals surface area contributed by atoms with Gasteiger partial charge in [-0.3, -0.25) is 9.59 Å². The summed E-state index contributed by atoms with van der Waals surface area (Å²) < 4.78 is 10.3. The molecule has 0 radical (unpaired) electrons. The maximum absolute atomic E-state index is 13.0. The highest BCUT2D eigenvalue weighted by molar-refractivity contribution is 5.85. The van der Waals surface area contributed by atoms with Crippen molar-refractivity contribution in [3.8, 4) is 17.0 Å². The highest BCUT2D eigenvalue weighted by atomic mass is 16.5. The fourth-order valence-corrected chi connectivity index (χ4v) is 4.17. The molecule has 1 aliphatic carbocycles. The van der Waals surface area contributed by atoms with E-state index in [0.29, 0.717) is 32.1 Å². The third-order valence-corrected chi connectivity index (χ3v) is 6.31. The average Bonchev–Trinajstić information content (AvgIpc) is 3.70. The molecule has 2 amide bonds. The number of amides is 2. The molecular weight excluding hydrogens is 434 g/mol. The van der Waals surface area contributed by atoms with Crippen molar-refractivity contribution in [2.45, 2.75) is 19.3 Å². The van der Waals surface area contributed by atoms with Gasteiger partial charge < -0.3 is 24.2 Å². The summed E-state index contributed by atoms with van der Waals surface area (Å²) in [4.78, 5) is 31.1. The lowest BCUT2D eigenvalue weighted by Crippen LogP contribution is -2.45. The maximum Gasteiger partial charge on any atom is 0.249 e. The first-order valence-corrected chi connectivity index (χ1v) is 11.8.